The second-order valence-electron chi connectivity index (χ2n) is 9.67. The third kappa shape index (κ3) is 4.96. The molecule has 1 spiro atoms. The van der Waals surface area contributed by atoms with Crippen LogP contribution in [0, 0.1) is 12.0 Å². The third-order valence-electron chi connectivity index (χ3n) is 7.28. The molecule has 0 atom stereocenters. The number of aromatic nitrogens is 2. The highest BCUT2D eigenvalue weighted by molar-refractivity contribution is 6.33. The van der Waals surface area contributed by atoms with Gasteiger partial charge in [-0.05, 0) is 75.9 Å². The smallest absolute Gasteiger partial charge is 0.272 e. The van der Waals surface area contributed by atoms with Crippen LogP contribution < -0.4 is 20.3 Å². The molecule has 2 aromatic rings. The Bertz CT molecular complexity index is 1060. The van der Waals surface area contributed by atoms with Crippen molar-refractivity contribution < 1.29 is 9.53 Å². The molecular weight excluding hydrogens is 452 g/mol. The minimum atomic E-state index is -0.177. The SMILES string of the molecule is [C-]#[N+]c1ccc(OC2CCC(NC(=O)c3ccc(N4CC5(CCNCC5)C4)nn3)CC2)cc1Cl. The van der Waals surface area contributed by atoms with Crippen molar-refractivity contribution in [3.05, 3.63) is 52.5 Å². The number of hydrogen-bond acceptors (Lipinski definition) is 6. The zero-order valence-electron chi connectivity index (χ0n) is 19.1. The summed E-state index contributed by atoms with van der Waals surface area (Å²) >= 11 is 6.10. The van der Waals surface area contributed by atoms with Gasteiger partial charge in [0.2, 0.25) is 5.69 Å². The minimum absolute atomic E-state index is 0.0712. The van der Waals surface area contributed by atoms with Crippen molar-refractivity contribution in [2.75, 3.05) is 31.1 Å². The summed E-state index contributed by atoms with van der Waals surface area (Å²) in [5.74, 6) is 1.35. The number of nitrogens with one attached hydrogen (secondary N) is 2. The van der Waals surface area contributed by atoms with E-state index in [9.17, 15) is 4.79 Å². The van der Waals surface area contributed by atoms with Crippen LogP contribution in [0.2, 0.25) is 5.02 Å². The molecule has 9 heteroatoms. The Hall–Kier alpha value is -2.89. The van der Waals surface area contributed by atoms with Crippen molar-refractivity contribution in [1.29, 1.82) is 0 Å². The molecule has 8 nitrogen and oxygen atoms in total. The van der Waals surface area contributed by atoms with Gasteiger partial charge in [0.15, 0.2) is 11.5 Å². The quantitative estimate of drug-likeness (QED) is 0.629. The van der Waals surface area contributed by atoms with E-state index in [-0.39, 0.29) is 18.1 Å². The zero-order chi connectivity index (χ0) is 23.5. The molecule has 2 aliphatic heterocycles. The van der Waals surface area contributed by atoms with Crippen LogP contribution in [0.1, 0.15) is 49.0 Å². The molecular formula is C25H29ClN6O2. The molecule has 1 aromatic carbocycles. The Balaban J connectivity index is 1.08. The maximum atomic E-state index is 12.7. The summed E-state index contributed by atoms with van der Waals surface area (Å²) in [7, 11) is 0. The van der Waals surface area contributed by atoms with Gasteiger partial charge in [-0.3, -0.25) is 4.79 Å². The topological polar surface area (TPSA) is 83.7 Å². The zero-order valence-corrected chi connectivity index (χ0v) is 19.9. The number of ether oxygens (including phenoxy) is 1. The van der Waals surface area contributed by atoms with Crippen LogP contribution in [-0.2, 0) is 0 Å². The van der Waals surface area contributed by atoms with Gasteiger partial charge in [-0.25, -0.2) is 4.85 Å². The van der Waals surface area contributed by atoms with E-state index >= 15 is 0 Å². The van der Waals surface area contributed by atoms with Gasteiger partial charge in [0.25, 0.3) is 5.91 Å². The van der Waals surface area contributed by atoms with Gasteiger partial charge >= 0.3 is 0 Å². The van der Waals surface area contributed by atoms with Crippen molar-refractivity contribution >= 4 is 29.0 Å². The van der Waals surface area contributed by atoms with E-state index < -0.39 is 0 Å². The summed E-state index contributed by atoms with van der Waals surface area (Å²) < 4.78 is 6.04. The fraction of sp³-hybridized carbons (Fsp3) is 0.520. The van der Waals surface area contributed by atoms with Gasteiger partial charge in [-0.2, -0.15) is 0 Å². The lowest BCUT2D eigenvalue weighted by molar-refractivity contribution is 0.0888. The summed E-state index contributed by atoms with van der Waals surface area (Å²) in [4.78, 5) is 18.3. The highest BCUT2D eigenvalue weighted by atomic mass is 35.5. The predicted molar refractivity (Wildman–Crippen MR) is 131 cm³/mol. The third-order valence-corrected chi connectivity index (χ3v) is 7.58. The molecule has 1 amide bonds. The number of rotatable bonds is 5. The van der Waals surface area contributed by atoms with Gasteiger partial charge < -0.3 is 20.3 Å². The van der Waals surface area contributed by atoms with Crippen LogP contribution >= 0.6 is 11.6 Å². The van der Waals surface area contributed by atoms with E-state index in [1.165, 1.54) is 12.8 Å². The maximum absolute atomic E-state index is 12.7. The molecule has 3 aliphatic rings. The van der Waals surface area contributed by atoms with E-state index in [4.69, 9.17) is 22.9 Å². The van der Waals surface area contributed by atoms with Gasteiger partial charge in [0.05, 0.1) is 17.7 Å². The first-order valence-corrected chi connectivity index (χ1v) is 12.4. The number of piperidine rings is 1. The first-order chi connectivity index (χ1) is 16.5. The first-order valence-electron chi connectivity index (χ1n) is 12.0. The number of halogens is 1. The Labute approximate surface area is 204 Å². The lowest BCUT2D eigenvalue weighted by Gasteiger charge is -2.52. The number of carbonyl (C=O) groups excluding carboxylic acids is 1. The monoisotopic (exact) mass is 480 g/mol. The normalized spacial score (nSPS) is 23.6. The number of nitrogens with zero attached hydrogens (tertiary/aromatic N) is 4. The number of hydrogen-bond donors (Lipinski definition) is 2. The van der Waals surface area contributed by atoms with Crippen molar-refractivity contribution in [3.8, 4) is 5.75 Å². The Morgan fingerprint density at radius 2 is 1.91 bits per heavy atom. The fourth-order valence-corrected chi connectivity index (χ4v) is 5.45. The Kier molecular flexibility index (Phi) is 6.57. The average molecular weight is 481 g/mol. The molecule has 34 heavy (non-hydrogen) atoms. The second kappa shape index (κ2) is 9.77. The van der Waals surface area contributed by atoms with Crippen LogP contribution in [0.25, 0.3) is 4.85 Å². The van der Waals surface area contributed by atoms with Crippen LogP contribution in [0.15, 0.2) is 30.3 Å². The number of benzene rings is 1. The average Bonchev–Trinajstić information content (AvgIpc) is 2.84. The lowest BCUT2D eigenvalue weighted by Crippen LogP contribution is -2.60. The molecule has 1 aromatic heterocycles. The van der Waals surface area contributed by atoms with Crippen LogP contribution in [0.5, 0.6) is 5.75 Å². The van der Waals surface area contributed by atoms with Gasteiger partial charge in [-0.1, -0.05) is 17.7 Å². The van der Waals surface area contributed by atoms with Crippen molar-refractivity contribution in [2.24, 2.45) is 5.41 Å². The molecule has 2 N–H and O–H groups in total. The Morgan fingerprint density at radius 3 is 2.56 bits per heavy atom. The molecule has 0 radical (unpaired) electrons. The Morgan fingerprint density at radius 1 is 1.15 bits per heavy atom. The van der Waals surface area contributed by atoms with Crippen molar-refractivity contribution in [1.82, 2.24) is 20.8 Å². The van der Waals surface area contributed by atoms with Crippen LogP contribution in [-0.4, -0.2) is 54.4 Å². The molecule has 0 unspecified atom stereocenters. The molecule has 0 bridgehead atoms. The number of anilines is 1. The van der Waals surface area contributed by atoms with Crippen molar-refractivity contribution in [2.45, 2.75) is 50.7 Å². The summed E-state index contributed by atoms with van der Waals surface area (Å²) in [6.07, 6.45) is 5.84. The number of amides is 1. The van der Waals surface area contributed by atoms with Gasteiger partial charge in [-0.15, -0.1) is 10.2 Å². The van der Waals surface area contributed by atoms with E-state index in [0.29, 0.717) is 27.6 Å². The standard InChI is InChI=1S/C25H29ClN6O2/c1-27-21-7-6-19(14-20(21)26)34-18-4-2-17(3-5-18)29-24(33)22-8-9-23(31-30-22)32-15-25(16-32)10-12-28-13-11-25/h6-9,14,17-18,28H,2-5,10-13,15-16H2,(H,29,33). The molecule has 1 saturated carbocycles. The van der Waals surface area contributed by atoms with Crippen LogP contribution in [0.4, 0.5) is 11.5 Å². The first kappa shape index (κ1) is 22.9. The van der Waals surface area contributed by atoms with Gasteiger partial charge in [0.1, 0.15) is 5.75 Å². The maximum Gasteiger partial charge on any atom is 0.272 e. The predicted octanol–water partition coefficient (Wildman–Crippen LogP) is 3.99. The fourth-order valence-electron chi connectivity index (χ4n) is 5.24. The highest BCUT2D eigenvalue weighted by Gasteiger charge is 2.44. The molecule has 5 rings (SSSR count). The molecule has 178 valence electrons. The molecule has 3 heterocycles. The summed E-state index contributed by atoms with van der Waals surface area (Å²) in [6.45, 7) is 11.3. The van der Waals surface area contributed by atoms with E-state index in [1.807, 2.05) is 6.07 Å². The molecule has 1 aliphatic carbocycles. The van der Waals surface area contributed by atoms with E-state index in [1.54, 1.807) is 24.3 Å². The molecule has 3 fully saturated rings. The summed E-state index contributed by atoms with van der Waals surface area (Å²) in [5, 5.41) is 15.4. The van der Waals surface area contributed by atoms with Gasteiger partial charge in [0, 0.05) is 24.5 Å². The minimum Gasteiger partial charge on any atom is -0.490 e. The summed E-state index contributed by atoms with van der Waals surface area (Å²) in [6, 6.07) is 8.92. The van der Waals surface area contributed by atoms with E-state index in [2.05, 4.69) is 30.6 Å². The molecule has 2 saturated heterocycles. The van der Waals surface area contributed by atoms with E-state index in [0.717, 1.165) is 57.7 Å². The lowest BCUT2D eigenvalue weighted by atomic mass is 9.72. The van der Waals surface area contributed by atoms with Crippen molar-refractivity contribution in [3.63, 3.8) is 0 Å². The number of carbonyl (C=O) groups is 1. The largest absolute Gasteiger partial charge is 0.490 e. The summed E-state index contributed by atoms with van der Waals surface area (Å²) in [5.41, 5.74) is 1.21. The second-order valence-corrected chi connectivity index (χ2v) is 10.1. The highest BCUT2D eigenvalue weighted by Crippen LogP contribution is 2.40. The van der Waals surface area contributed by atoms with Crippen LogP contribution in [0.3, 0.4) is 0 Å².